The minimum atomic E-state index is -4.76. The van der Waals surface area contributed by atoms with Gasteiger partial charge in [0.1, 0.15) is 12.7 Å². The van der Waals surface area contributed by atoms with Crippen molar-refractivity contribution in [3.05, 3.63) is 24.3 Å². The molecule has 0 fully saturated rings. The molecule has 0 aliphatic rings. The fraction of sp³-hybridized carbons (Fsp3) is 0.881. The Labute approximate surface area is 436 Å². The zero-order valence-electron chi connectivity index (χ0n) is 46.1. The molecule has 0 radical (unpaired) electrons. The predicted molar refractivity (Wildman–Crippen MR) is 296 cm³/mol. The lowest BCUT2D eigenvalue weighted by molar-refractivity contribution is -0.147. The van der Waals surface area contributed by atoms with Gasteiger partial charge in [0.15, 0.2) is 6.04 Å². The highest BCUT2D eigenvalue weighted by Crippen LogP contribution is 2.43. The summed E-state index contributed by atoms with van der Waals surface area (Å²) in [7, 11) is -4.76. The molecule has 11 nitrogen and oxygen atoms in total. The summed E-state index contributed by atoms with van der Waals surface area (Å²) in [6.07, 6.45) is 62.1. The summed E-state index contributed by atoms with van der Waals surface area (Å²) in [6.45, 7) is 2.64. The van der Waals surface area contributed by atoms with Crippen LogP contribution in [0.15, 0.2) is 24.3 Å². The minimum absolute atomic E-state index is 0.152. The van der Waals surface area contributed by atoms with Crippen molar-refractivity contribution in [3.63, 3.8) is 0 Å². The molecule has 3 unspecified atom stereocenters. The van der Waals surface area contributed by atoms with Crippen LogP contribution in [0.1, 0.15) is 303 Å². The normalized spacial score (nSPS) is 13.5. The van der Waals surface area contributed by atoms with Crippen LogP contribution in [0.2, 0.25) is 0 Å². The third-order valence-corrected chi connectivity index (χ3v) is 14.4. The molecule has 0 spiro atoms. The summed E-state index contributed by atoms with van der Waals surface area (Å²) in [6, 6.07) is -1.54. The van der Waals surface area contributed by atoms with Crippen LogP contribution in [0, 0.1) is 0 Å². The third-order valence-electron chi connectivity index (χ3n) is 13.5. The second kappa shape index (κ2) is 54.2. The third kappa shape index (κ3) is 54.1. The van der Waals surface area contributed by atoms with Gasteiger partial charge in [-0.2, -0.15) is 0 Å². The summed E-state index contributed by atoms with van der Waals surface area (Å²) in [5, 5.41) is 22.0. The van der Waals surface area contributed by atoms with E-state index in [1.54, 1.807) is 0 Å². The summed E-state index contributed by atoms with van der Waals surface area (Å²) in [4.78, 5) is 46.3. The first-order chi connectivity index (χ1) is 34.6. The molecular formula is C59H112NO10P. The van der Waals surface area contributed by atoms with Gasteiger partial charge in [0.05, 0.1) is 13.2 Å². The lowest BCUT2D eigenvalue weighted by atomic mass is 10.0. The molecule has 0 aromatic rings. The van der Waals surface area contributed by atoms with Crippen LogP contribution in [0.5, 0.6) is 0 Å². The maximum absolute atomic E-state index is 12.4. The van der Waals surface area contributed by atoms with Crippen molar-refractivity contribution in [2.24, 2.45) is 0 Å². The highest BCUT2D eigenvalue weighted by molar-refractivity contribution is 7.47. The highest BCUT2D eigenvalue weighted by Gasteiger charge is 2.28. The molecule has 0 bridgehead atoms. The van der Waals surface area contributed by atoms with Gasteiger partial charge in [-0.1, -0.05) is 269 Å². The van der Waals surface area contributed by atoms with E-state index in [1.807, 2.05) is 0 Å². The van der Waals surface area contributed by atoms with E-state index >= 15 is 0 Å². The zero-order chi connectivity index (χ0) is 52.0. The Morgan fingerprint density at radius 3 is 1.17 bits per heavy atom. The average molecular weight is 1030 g/mol. The number of aliphatic carboxylic acids is 1. The molecule has 3 atom stereocenters. The number of carboxylic acids is 1. The molecule has 0 rings (SSSR count). The highest BCUT2D eigenvalue weighted by atomic mass is 31.2. The number of unbranched alkanes of at least 4 members (excludes halogenated alkanes) is 39. The Balaban J connectivity index is 3.72. The number of carboxylic acid groups (broad SMARTS) is 1. The van der Waals surface area contributed by atoms with E-state index in [9.17, 15) is 34.1 Å². The van der Waals surface area contributed by atoms with Crippen LogP contribution in [-0.2, 0) is 32.7 Å². The molecule has 0 saturated carbocycles. The number of carbonyl (C=O) groups is 3. The van der Waals surface area contributed by atoms with Crippen molar-refractivity contribution in [2.45, 2.75) is 315 Å². The Kier molecular flexibility index (Phi) is 52.7. The SMILES string of the molecule is CCCCC/C=C\C/C=C\CCCCCCCCCCCCCCCC(=O)OCC(O)COP(=O)(O)OCC(NC(=O)CCCCCCCCCCCCCCCCCCCCCCCCCC)C(=O)O. The van der Waals surface area contributed by atoms with Crippen LogP contribution in [-0.4, -0.2) is 64.9 Å². The van der Waals surface area contributed by atoms with E-state index in [2.05, 4.69) is 43.5 Å². The Hall–Kier alpha value is -2.04. The summed E-state index contributed by atoms with van der Waals surface area (Å²) in [5.74, 6) is -2.35. The van der Waals surface area contributed by atoms with Crippen LogP contribution in [0.25, 0.3) is 0 Å². The van der Waals surface area contributed by atoms with Crippen LogP contribution in [0.3, 0.4) is 0 Å². The molecule has 1 amide bonds. The van der Waals surface area contributed by atoms with E-state index in [0.29, 0.717) is 12.8 Å². The first-order valence-corrected chi connectivity index (χ1v) is 31.4. The van der Waals surface area contributed by atoms with Crippen LogP contribution >= 0.6 is 7.82 Å². The number of ether oxygens (including phenoxy) is 1. The van der Waals surface area contributed by atoms with E-state index in [4.69, 9.17) is 13.8 Å². The van der Waals surface area contributed by atoms with Gasteiger partial charge in [0.25, 0.3) is 0 Å². The smallest absolute Gasteiger partial charge is 0.472 e. The number of phosphoric ester groups is 1. The standard InChI is InChI=1S/C59H112NO10P/c1-3-5-7-9-11-13-15-17-19-21-23-25-27-29-30-32-34-36-38-40-42-44-46-48-50-57(62)60-56(59(64)65)54-70-71(66,67)69-53-55(61)52-68-58(63)51-49-47-45-43-41-39-37-35-33-31-28-26-24-22-20-18-16-14-12-10-8-6-4-2/h12,14,18,20,55-56,61H,3-11,13,15-17,19,21-54H2,1-2H3,(H,60,62)(H,64,65)(H,66,67)/b14-12-,20-18-. The van der Waals surface area contributed by atoms with Gasteiger partial charge in [-0.25, -0.2) is 9.36 Å². The van der Waals surface area contributed by atoms with Crippen molar-refractivity contribution in [1.82, 2.24) is 5.32 Å². The molecule has 4 N–H and O–H groups in total. The predicted octanol–water partition coefficient (Wildman–Crippen LogP) is 17.3. The molecule has 0 aromatic carbocycles. The number of hydrogen-bond acceptors (Lipinski definition) is 8. The zero-order valence-corrected chi connectivity index (χ0v) is 46.9. The van der Waals surface area contributed by atoms with E-state index in [0.717, 1.165) is 44.9 Å². The summed E-state index contributed by atoms with van der Waals surface area (Å²) >= 11 is 0. The number of carbonyl (C=O) groups excluding carboxylic acids is 2. The number of rotatable bonds is 57. The van der Waals surface area contributed by atoms with Gasteiger partial charge in [0.2, 0.25) is 5.91 Å². The number of aliphatic hydroxyl groups is 1. The van der Waals surface area contributed by atoms with Gasteiger partial charge < -0.3 is 25.2 Å². The van der Waals surface area contributed by atoms with Gasteiger partial charge in [-0.05, 0) is 44.9 Å². The fourth-order valence-corrected chi connectivity index (χ4v) is 9.65. The first kappa shape index (κ1) is 69.0. The van der Waals surface area contributed by atoms with Crippen LogP contribution < -0.4 is 5.32 Å². The van der Waals surface area contributed by atoms with Crippen LogP contribution in [0.4, 0.5) is 0 Å². The minimum Gasteiger partial charge on any atom is -0.480 e. The van der Waals surface area contributed by atoms with Gasteiger partial charge in [0, 0.05) is 12.8 Å². The number of allylic oxidation sites excluding steroid dienone is 4. The average Bonchev–Trinajstić information content (AvgIpc) is 3.35. The second-order valence-electron chi connectivity index (χ2n) is 20.5. The Morgan fingerprint density at radius 2 is 0.775 bits per heavy atom. The molecule has 12 heteroatoms. The van der Waals surface area contributed by atoms with Crippen molar-refractivity contribution < 1.29 is 47.8 Å². The first-order valence-electron chi connectivity index (χ1n) is 29.9. The molecule has 0 aliphatic heterocycles. The molecule has 0 heterocycles. The van der Waals surface area contributed by atoms with E-state index in [-0.39, 0.29) is 12.8 Å². The maximum Gasteiger partial charge on any atom is 0.472 e. The van der Waals surface area contributed by atoms with Crippen molar-refractivity contribution in [3.8, 4) is 0 Å². The lowest BCUT2D eigenvalue weighted by Crippen LogP contribution is -2.43. The number of phosphoric acid groups is 1. The molecule has 71 heavy (non-hydrogen) atoms. The quantitative estimate of drug-likeness (QED) is 0.0199. The molecule has 418 valence electrons. The topological polar surface area (TPSA) is 169 Å². The van der Waals surface area contributed by atoms with Crippen molar-refractivity contribution in [2.75, 3.05) is 19.8 Å². The molecule has 0 aliphatic carbocycles. The molecule has 0 saturated heterocycles. The molecule has 0 aromatic heterocycles. The largest absolute Gasteiger partial charge is 0.480 e. The monoisotopic (exact) mass is 1030 g/mol. The summed E-state index contributed by atoms with van der Waals surface area (Å²) in [5.41, 5.74) is 0. The number of nitrogens with one attached hydrogen (secondary N) is 1. The van der Waals surface area contributed by atoms with Crippen molar-refractivity contribution >= 4 is 25.7 Å². The van der Waals surface area contributed by atoms with Gasteiger partial charge >= 0.3 is 19.8 Å². The number of esters is 1. The maximum atomic E-state index is 12.4. The number of aliphatic hydroxyl groups excluding tert-OH is 1. The van der Waals surface area contributed by atoms with Gasteiger partial charge in [-0.15, -0.1) is 0 Å². The number of amides is 1. The van der Waals surface area contributed by atoms with E-state index < -0.39 is 57.6 Å². The van der Waals surface area contributed by atoms with Gasteiger partial charge in [-0.3, -0.25) is 18.6 Å². The van der Waals surface area contributed by atoms with E-state index in [1.165, 1.54) is 218 Å². The Bertz CT molecular complexity index is 1290. The lowest BCUT2D eigenvalue weighted by Gasteiger charge is -2.18. The summed E-state index contributed by atoms with van der Waals surface area (Å²) < 4.78 is 27.1. The number of hydrogen-bond donors (Lipinski definition) is 4. The second-order valence-corrected chi connectivity index (χ2v) is 22.0. The fourth-order valence-electron chi connectivity index (χ4n) is 8.88. The molecular weight excluding hydrogens is 914 g/mol. The van der Waals surface area contributed by atoms with Crippen molar-refractivity contribution in [1.29, 1.82) is 0 Å². The Morgan fingerprint density at radius 1 is 0.451 bits per heavy atom.